The molecule has 29 heavy (non-hydrogen) atoms. The van der Waals surface area contributed by atoms with E-state index in [1.807, 2.05) is 18.2 Å². The Labute approximate surface area is 166 Å². The molecule has 4 aromatic rings. The molecule has 0 aliphatic rings. The van der Waals surface area contributed by atoms with Gasteiger partial charge in [0.2, 0.25) is 12.8 Å². The Morgan fingerprint density at radius 1 is 1.14 bits per heavy atom. The van der Waals surface area contributed by atoms with Crippen LogP contribution in [0.1, 0.15) is 10.4 Å². The minimum absolute atomic E-state index is 0.147. The average molecular weight is 391 g/mol. The Hall–Kier alpha value is -3.94. The van der Waals surface area contributed by atoms with Crippen LogP contribution < -0.4 is 15.4 Å². The lowest BCUT2D eigenvalue weighted by atomic mass is 10.1. The van der Waals surface area contributed by atoms with Crippen LogP contribution in [0.25, 0.3) is 16.8 Å². The Balaban J connectivity index is 1.64. The van der Waals surface area contributed by atoms with E-state index < -0.39 is 6.86 Å². The summed E-state index contributed by atoms with van der Waals surface area (Å²) >= 11 is 0. The molecule has 8 heteroatoms. The van der Waals surface area contributed by atoms with Crippen molar-refractivity contribution in [2.24, 2.45) is 0 Å². The second-order valence-electron chi connectivity index (χ2n) is 6.19. The summed E-state index contributed by atoms with van der Waals surface area (Å²) in [5, 5.41) is 10.2. The number of nitrogens with zero attached hydrogens (tertiary/aromatic N) is 3. The van der Waals surface area contributed by atoms with E-state index in [2.05, 4.69) is 20.7 Å². The van der Waals surface area contributed by atoms with Crippen molar-refractivity contribution in [1.82, 2.24) is 19.9 Å². The van der Waals surface area contributed by atoms with E-state index in [9.17, 15) is 9.18 Å². The molecule has 4 rings (SSSR count). The maximum atomic E-state index is 12.5. The number of fused-ring (bicyclic) bond motifs is 1. The molecule has 0 radical (unpaired) electrons. The van der Waals surface area contributed by atoms with Gasteiger partial charge in [-0.2, -0.15) is 4.98 Å². The van der Waals surface area contributed by atoms with Crippen molar-refractivity contribution < 1.29 is 13.9 Å². The third kappa shape index (κ3) is 3.86. The fourth-order valence-corrected chi connectivity index (χ4v) is 2.98. The first-order valence-corrected chi connectivity index (χ1v) is 8.91. The molecule has 0 fully saturated rings. The van der Waals surface area contributed by atoms with Crippen molar-refractivity contribution in [2.75, 3.05) is 19.2 Å². The van der Waals surface area contributed by atoms with E-state index in [-0.39, 0.29) is 5.91 Å². The molecule has 0 aliphatic heterocycles. The van der Waals surface area contributed by atoms with Gasteiger partial charge in [0.15, 0.2) is 5.65 Å². The van der Waals surface area contributed by atoms with Crippen molar-refractivity contribution in [2.45, 2.75) is 0 Å². The van der Waals surface area contributed by atoms with Crippen LogP contribution in [0.15, 0.2) is 66.9 Å². The maximum absolute atomic E-state index is 12.5. The van der Waals surface area contributed by atoms with Crippen molar-refractivity contribution in [1.29, 1.82) is 0 Å². The lowest BCUT2D eigenvalue weighted by molar-refractivity contribution is 0.0963. The Morgan fingerprint density at radius 2 is 1.97 bits per heavy atom. The molecule has 0 bridgehead atoms. The number of carbonyl (C=O) groups is 1. The van der Waals surface area contributed by atoms with Gasteiger partial charge in [-0.1, -0.05) is 12.1 Å². The maximum Gasteiger partial charge on any atom is 0.251 e. The lowest BCUT2D eigenvalue weighted by Crippen LogP contribution is -2.17. The van der Waals surface area contributed by atoms with Crippen LogP contribution in [-0.2, 0) is 0 Å². The lowest BCUT2D eigenvalue weighted by Gasteiger charge is -2.06. The predicted molar refractivity (Wildman–Crippen MR) is 108 cm³/mol. The smallest absolute Gasteiger partial charge is 0.251 e. The second kappa shape index (κ2) is 7.97. The summed E-state index contributed by atoms with van der Waals surface area (Å²) in [5.74, 6) is 0.716. The molecule has 0 unspecified atom stereocenters. The molecular formula is C21H18FN5O2. The fraction of sp³-hybridized carbons (Fsp3) is 0.0952. The third-order valence-corrected chi connectivity index (χ3v) is 4.36. The van der Waals surface area contributed by atoms with Crippen LogP contribution in [0.3, 0.4) is 0 Å². The van der Waals surface area contributed by atoms with E-state index in [1.165, 1.54) is 0 Å². The zero-order valence-electron chi connectivity index (χ0n) is 15.6. The minimum Gasteiger partial charge on any atom is -0.463 e. The molecule has 7 nitrogen and oxygen atoms in total. The van der Waals surface area contributed by atoms with Crippen molar-refractivity contribution in [3.63, 3.8) is 0 Å². The number of benzene rings is 2. The molecule has 0 spiro atoms. The van der Waals surface area contributed by atoms with Gasteiger partial charge in [-0.3, -0.25) is 4.79 Å². The number of aromatic nitrogens is 3. The molecular weight excluding hydrogens is 373 g/mol. The van der Waals surface area contributed by atoms with E-state index in [4.69, 9.17) is 4.74 Å². The number of rotatable bonds is 6. The summed E-state index contributed by atoms with van der Waals surface area (Å²) in [6.45, 7) is -0.884. The zero-order chi connectivity index (χ0) is 20.2. The van der Waals surface area contributed by atoms with Gasteiger partial charge in [0.1, 0.15) is 5.75 Å². The highest BCUT2D eigenvalue weighted by atomic mass is 19.1. The van der Waals surface area contributed by atoms with E-state index in [1.54, 1.807) is 60.2 Å². The molecule has 2 heterocycles. The number of alkyl halides is 1. The molecule has 0 saturated carbocycles. The average Bonchev–Trinajstić information content (AvgIpc) is 3.16. The molecule has 0 aliphatic carbocycles. The van der Waals surface area contributed by atoms with Gasteiger partial charge in [-0.05, 0) is 54.1 Å². The summed E-state index contributed by atoms with van der Waals surface area (Å²) in [5.41, 5.74) is 3.66. The van der Waals surface area contributed by atoms with Gasteiger partial charge in [0.05, 0.1) is 0 Å². The first-order chi connectivity index (χ1) is 14.2. The highest BCUT2D eigenvalue weighted by Crippen LogP contribution is 2.28. The standard InChI is InChI=1S/C21H18FN5O2/c1-23-20(28)14-7-9-16(10-8-14)24-21-25-19-18(6-3-11-27(19)26-21)15-4-2-5-17(12-15)29-13-22/h2-12H,13H2,1H3,(H,23,28)(H,24,26). The van der Waals surface area contributed by atoms with Crippen LogP contribution in [0.2, 0.25) is 0 Å². The number of nitrogens with one attached hydrogen (secondary N) is 2. The van der Waals surface area contributed by atoms with Crippen molar-refractivity contribution >= 4 is 23.2 Å². The summed E-state index contributed by atoms with van der Waals surface area (Å²) in [4.78, 5) is 16.2. The van der Waals surface area contributed by atoms with Crippen LogP contribution in [0.5, 0.6) is 5.75 Å². The number of anilines is 2. The number of hydrogen-bond donors (Lipinski definition) is 2. The Bertz CT molecular complexity index is 1160. The quantitative estimate of drug-likeness (QED) is 0.523. The summed E-state index contributed by atoms with van der Waals surface area (Å²) < 4.78 is 19.1. The van der Waals surface area contributed by atoms with Gasteiger partial charge in [0.25, 0.3) is 5.91 Å². The molecule has 2 N–H and O–H groups in total. The van der Waals surface area contributed by atoms with E-state index in [0.717, 1.165) is 16.8 Å². The number of halogens is 1. The predicted octanol–water partition coefficient (Wildman–Crippen LogP) is 3.81. The van der Waals surface area contributed by atoms with Gasteiger partial charge >= 0.3 is 0 Å². The van der Waals surface area contributed by atoms with E-state index in [0.29, 0.717) is 22.9 Å². The molecule has 1 amide bonds. The number of hydrogen-bond acceptors (Lipinski definition) is 5. The Morgan fingerprint density at radius 3 is 2.72 bits per heavy atom. The Kier molecular flexibility index (Phi) is 5.07. The summed E-state index contributed by atoms with van der Waals surface area (Å²) in [6, 6.07) is 18.0. The fourth-order valence-electron chi connectivity index (χ4n) is 2.98. The second-order valence-corrected chi connectivity index (χ2v) is 6.19. The highest BCUT2D eigenvalue weighted by molar-refractivity contribution is 5.94. The number of amides is 1. The highest BCUT2D eigenvalue weighted by Gasteiger charge is 2.11. The molecule has 2 aromatic carbocycles. The first-order valence-electron chi connectivity index (χ1n) is 8.91. The monoisotopic (exact) mass is 391 g/mol. The van der Waals surface area contributed by atoms with Gasteiger partial charge in [-0.25, -0.2) is 8.91 Å². The molecule has 146 valence electrons. The number of ether oxygens (including phenoxy) is 1. The summed E-state index contributed by atoms with van der Waals surface area (Å²) in [7, 11) is 1.59. The third-order valence-electron chi connectivity index (χ3n) is 4.36. The van der Waals surface area contributed by atoms with Crippen LogP contribution in [0.4, 0.5) is 16.0 Å². The van der Waals surface area contributed by atoms with Crippen molar-refractivity contribution in [3.8, 4) is 16.9 Å². The van der Waals surface area contributed by atoms with Crippen LogP contribution in [0, 0.1) is 0 Å². The van der Waals surface area contributed by atoms with Crippen LogP contribution in [-0.4, -0.2) is 34.4 Å². The SMILES string of the molecule is CNC(=O)c1ccc(Nc2nc3c(-c4cccc(OCF)c4)cccn3n2)cc1. The van der Waals surface area contributed by atoms with E-state index >= 15 is 0 Å². The molecule has 0 saturated heterocycles. The number of pyridine rings is 1. The van der Waals surface area contributed by atoms with Gasteiger partial charge in [-0.15, -0.1) is 5.10 Å². The van der Waals surface area contributed by atoms with Gasteiger partial charge in [0, 0.05) is 30.1 Å². The summed E-state index contributed by atoms with van der Waals surface area (Å²) in [6.07, 6.45) is 1.80. The molecule has 0 atom stereocenters. The minimum atomic E-state index is -0.884. The first kappa shape index (κ1) is 18.4. The van der Waals surface area contributed by atoms with Crippen LogP contribution >= 0.6 is 0 Å². The van der Waals surface area contributed by atoms with Crippen molar-refractivity contribution in [3.05, 3.63) is 72.4 Å². The normalized spacial score (nSPS) is 10.7. The zero-order valence-corrected chi connectivity index (χ0v) is 15.6. The number of carbonyl (C=O) groups excluding carboxylic acids is 1. The molecule has 2 aromatic heterocycles. The topological polar surface area (TPSA) is 80.5 Å². The largest absolute Gasteiger partial charge is 0.463 e. The van der Waals surface area contributed by atoms with Gasteiger partial charge < -0.3 is 15.4 Å².